The summed E-state index contributed by atoms with van der Waals surface area (Å²) < 4.78 is 9.38. The van der Waals surface area contributed by atoms with Crippen LogP contribution in [0.3, 0.4) is 0 Å². The lowest BCUT2D eigenvalue weighted by Gasteiger charge is -2.04. The lowest BCUT2D eigenvalue weighted by Crippen LogP contribution is -2.18. The van der Waals surface area contributed by atoms with Crippen molar-refractivity contribution in [1.82, 2.24) is 0 Å². The molecule has 0 aromatic carbocycles. The molecule has 0 aliphatic heterocycles. The minimum atomic E-state index is -1.72. The summed E-state index contributed by atoms with van der Waals surface area (Å²) in [6.45, 7) is 2.77. The Labute approximate surface area is 86.4 Å². The van der Waals surface area contributed by atoms with Gasteiger partial charge in [0.1, 0.15) is 6.79 Å². The number of unbranched alkanes of at least 4 members (excludes halogenated alkanes) is 5. The van der Waals surface area contributed by atoms with E-state index in [1.165, 1.54) is 32.1 Å². The predicted octanol–water partition coefficient (Wildman–Crippen LogP) is 1.31. The summed E-state index contributed by atoms with van der Waals surface area (Å²) in [5.41, 5.74) is 0. The Hall–Kier alpha value is -0.0951. The van der Waals surface area contributed by atoms with Crippen LogP contribution in [0.15, 0.2) is 0 Å². The van der Waals surface area contributed by atoms with Crippen LogP contribution in [0.1, 0.15) is 45.4 Å². The van der Waals surface area contributed by atoms with Crippen molar-refractivity contribution in [3.8, 4) is 0 Å². The van der Waals surface area contributed by atoms with Crippen molar-refractivity contribution in [2.24, 2.45) is 0 Å². The molecule has 0 atom stereocenters. The minimum Gasteiger partial charge on any atom is -0.402 e. The van der Waals surface area contributed by atoms with Gasteiger partial charge in [-0.2, -0.15) is 0 Å². The zero-order valence-electron chi connectivity index (χ0n) is 8.95. The van der Waals surface area contributed by atoms with Crippen LogP contribution in [0.5, 0.6) is 0 Å². The third-order valence-corrected chi connectivity index (χ3v) is 1.94. The van der Waals surface area contributed by atoms with Gasteiger partial charge in [-0.25, -0.2) is 0 Å². The first-order valence-corrected chi connectivity index (χ1v) is 5.33. The van der Waals surface area contributed by atoms with Gasteiger partial charge in [0.15, 0.2) is 0 Å². The Bertz CT molecular complexity index is 111. The third kappa shape index (κ3) is 11.9. The summed E-state index contributed by atoms with van der Waals surface area (Å²) in [7, 11) is -1.72. The van der Waals surface area contributed by atoms with Crippen molar-refractivity contribution in [1.29, 1.82) is 0 Å². The van der Waals surface area contributed by atoms with E-state index in [4.69, 9.17) is 14.8 Å². The first kappa shape index (κ1) is 13.9. The van der Waals surface area contributed by atoms with Crippen LogP contribution in [-0.2, 0) is 9.39 Å². The molecule has 5 heteroatoms. The maximum Gasteiger partial charge on any atom is 0.635 e. The summed E-state index contributed by atoms with van der Waals surface area (Å²) in [6.07, 6.45) is 7.29. The molecule has 0 bridgehead atoms. The second-order valence-electron chi connectivity index (χ2n) is 3.29. The minimum absolute atomic E-state index is 0.0490. The Morgan fingerprint density at radius 2 is 1.64 bits per heavy atom. The van der Waals surface area contributed by atoms with Crippen LogP contribution in [0, 0.1) is 0 Å². The highest BCUT2D eigenvalue weighted by Crippen LogP contribution is 2.04. The van der Waals surface area contributed by atoms with Gasteiger partial charge in [-0.3, -0.25) is 0 Å². The van der Waals surface area contributed by atoms with E-state index in [-0.39, 0.29) is 6.79 Å². The Morgan fingerprint density at radius 1 is 1.00 bits per heavy atom. The quantitative estimate of drug-likeness (QED) is 0.320. The molecule has 0 spiro atoms. The lowest BCUT2D eigenvalue weighted by atomic mass is 10.1. The maximum atomic E-state index is 8.31. The van der Waals surface area contributed by atoms with E-state index in [0.717, 1.165) is 6.42 Å². The zero-order chi connectivity index (χ0) is 10.6. The molecule has 0 radical (unpaired) electrons. The zero-order valence-corrected chi connectivity index (χ0v) is 8.95. The van der Waals surface area contributed by atoms with Gasteiger partial charge in [-0.1, -0.05) is 39.0 Å². The van der Waals surface area contributed by atoms with Crippen LogP contribution < -0.4 is 0 Å². The molecule has 0 fully saturated rings. The standard InChI is InChI=1S/C9H21BO4/c1-2-3-4-5-6-7-8-13-9-14-10(11)12/h11-12H,2-9H2,1H3. The highest BCUT2D eigenvalue weighted by molar-refractivity contribution is 6.32. The van der Waals surface area contributed by atoms with E-state index in [0.29, 0.717) is 6.61 Å². The first-order valence-electron chi connectivity index (χ1n) is 5.33. The Balaban J connectivity index is 2.85. The van der Waals surface area contributed by atoms with Gasteiger partial charge in [0.05, 0.1) is 0 Å². The van der Waals surface area contributed by atoms with Crippen LogP contribution in [0.4, 0.5) is 0 Å². The second-order valence-corrected chi connectivity index (χ2v) is 3.29. The Kier molecular flexibility index (Phi) is 10.9. The fourth-order valence-electron chi connectivity index (χ4n) is 1.15. The summed E-state index contributed by atoms with van der Waals surface area (Å²) in [5, 5.41) is 16.6. The number of hydrogen-bond donors (Lipinski definition) is 2. The number of hydrogen-bond acceptors (Lipinski definition) is 4. The van der Waals surface area contributed by atoms with Gasteiger partial charge in [0.25, 0.3) is 0 Å². The molecule has 0 heterocycles. The topological polar surface area (TPSA) is 58.9 Å². The molecule has 84 valence electrons. The summed E-state index contributed by atoms with van der Waals surface area (Å²) in [4.78, 5) is 0. The number of rotatable bonds is 10. The van der Waals surface area contributed by atoms with E-state index in [1.54, 1.807) is 0 Å². The predicted molar refractivity (Wildman–Crippen MR) is 55.5 cm³/mol. The Morgan fingerprint density at radius 3 is 2.29 bits per heavy atom. The van der Waals surface area contributed by atoms with E-state index >= 15 is 0 Å². The molecule has 0 aromatic rings. The molecule has 2 N–H and O–H groups in total. The van der Waals surface area contributed by atoms with Crippen LogP contribution in [0.25, 0.3) is 0 Å². The van der Waals surface area contributed by atoms with Crippen molar-refractivity contribution in [2.75, 3.05) is 13.4 Å². The summed E-state index contributed by atoms with van der Waals surface area (Å²) in [5.74, 6) is 0. The first-order chi connectivity index (χ1) is 6.77. The maximum absolute atomic E-state index is 8.31. The van der Waals surface area contributed by atoms with Crippen molar-refractivity contribution in [2.45, 2.75) is 45.4 Å². The summed E-state index contributed by atoms with van der Waals surface area (Å²) >= 11 is 0. The molecule has 0 aliphatic carbocycles. The highest BCUT2D eigenvalue weighted by atomic mass is 16.7. The lowest BCUT2D eigenvalue weighted by molar-refractivity contribution is -0.0121. The molecule has 0 aliphatic rings. The van der Waals surface area contributed by atoms with Crippen LogP contribution in [0.2, 0.25) is 0 Å². The molecular weight excluding hydrogens is 183 g/mol. The molecule has 0 aromatic heterocycles. The van der Waals surface area contributed by atoms with Gasteiger partial charge < -0.3 is 19.4 Å². The van der Waals surface area contributed by atoms with Gasteiger partial charge in [0.2, 0.25) is 0 Å². The van der Waals surface area contributed by atoms with Crippen molar-refractivity contribution >= 4 is 7.32 Å². The molecule has 4 nitrogen and oxygen atoms in total. The van der Waals surface area contributed by atoms with Gasteiger partial charge in [-0.05, 0) is 6.42 Å². The van der Waals surface area contributed by atoms with E-state index in [1.807, 2.05) is 0 Å². The average molecular weight is 204 g/mol. The van der Waals surface area contributed by atoms with E-state index < -0.39 is 7.32 Å². The highest BCUT2D eigenvalue weighted by Gasteiger charge is 2.06. The van der Waals surface area contributed by atoms with Crippen molar-refractivity contribution < 1.29 is 19.4 Å². The van der Waals surface area contributed by atoms with E-state index in [9.17, 15) is 0 Å². The molecule has 14 heavy (non-hydrogen) atoms. The van der Waals surface area contributed by atoms with Crippen LogP contribution >= 0.6 is 0 Å². The smallest absolute Gasteiger partial charge is 0.402 e. The fourth-order valence-corrected chi connectivity index (χ4v) is 1.15. The van der Waals surface area contributed by atoms with Gasteiger partial charge in [-0.15, -0.1) is 0 Å². The van der Waals surface area contributed by atoms with Gasteiger partial charge >= 0.3 is 7.32 Å². The van der Waals surface area contributed by atoms with Crippen LogP contribution in [-0.4, -0.2) is 30.8 Å². The third-order valence-electron chi connectivity index (χ3n) is 1.94. The fraction of sp³-hybridized carbons (Fsp3) is 1.00. The van der Waals surface area contributed by atoms with Crippen molar-refractivity contribution in [3.05, 3.63) is 0 Å². The normalized spacial score (nSPS) is 10.5. The molecule has 0 unspecified atom stereocenters. The SMILES string of the molecule is CCCCCCCCOCOB(O)O. The summed E-state index contributed by atoms with van der Waals surface area (Å²) in [6, 6.07) is 0. The van der Waals surface area contributed by atoms with E-state index in [2.05, 4.69) is 11.6 Å². The average Bonchev–Trinajstić information content (AvgIpc) is 2.15. The second kappa shape index (κ2) is 11.0. The molecule has 0 saturated carbocycles. The largest absolute Gasteiger partial charge is 0.635 e. The van der Waals surface area contributed by atoms with Gasteiger partial charge in [0, 0.05) is 6.61 Å². The number of ether oxygens (including phenoxy) is 1. The molecule has 0 saturated heterocycles. The molecule has 0 amide bonds. The molecule has 0 rings (SSSR count). The monoisotopic (exact) mass is 204 g/mol. The van der Waals surface area contributed by atoms with Crippen molar-refractivity contribution in [3.63, 3.8) is 0 Å². The molecular formula is C9H21BO4.